The number of amides is 1. The van der Waals surface area contributed by atoms with E-state index < -0.39 is 0 Å². The molecule has 0 bridgehead atoms. The predicted molar refractivity (Wildman–Crippen MR) is 102 cm³/mol. The predicted octanol–water partition coefficient (Wildman–Crippen LogP) is 5.54. The van der Waals surface area contributed by atoms with Gasteiger partial charge in [-0.25, -0.2) is 0 Å². The van der Waals surface area contributed by atoms with Crippen LogP contribution in [0.5, 0.6) is 0 Å². The molecule has 3 heteroatoms. The highest BCUT2D eigenvalue weighted by atomic mass is 32.2. The van der Waals surface area contributed by atoms with Crippen LogP contribution in [-0.2, 0) is 5.75 Å². The number of para-hydroxylation sites is 1. The lowest BCUT2D eigenvalue weighted by Gasteiger charge is -2.08. The minimum absolute atomic E-state index is 0.0773. The summed E-state index contributed by atoms with van der Waals surface area (Å²) in [6.07, 6.45) is 0. The van der Waals surface area contributed by atoms with Gasteiger partial charge in [0.15, 0.2) is 0 Å². The highest BCUT2D eigenvalue weighted by molar-refractivity contribution is 7.98. The molecular formula is C21H19NOS. The molecule has 3 aromatic rings. The van der Waals surface area contributed by atoms with Crippen LogP contribution < -0.4 is 5.32 Å². The van der Waals surface area contributed by atoms with Crippen molar-refractivity contribution in [1.29, 1.82) is 0 Å². The van der Waals surface area contributed by atoms with Crippen molar-refractivity contribution in [2.75, 3.05) is 5.32 Å². The van der Waals surface area contributed by atoms with Gasteiger partial charge in [0.25, 0.3) is 5.91 Å². The number of nitrogens with one attached hydrogen (secondary N) is 1. The molecular weight excluding hydrogens is 314 g/mol. The van der Waals surface area contributed by atoms with E-state index in [4.69, 9.17) is 0 Å². The first-order valence-electron chi connectivity index (χ1n) is 7.86. The fourth-order valence-electron chi connectivity index (χ4n) is 2.34. The smallest absolute Gasteiger partial charge is 0.255 e. The zero-order valence-electron chi connectivity index (χ0n) is 13.5. The third kappa shape index (κ3) is 4.27. The second-order valence-electron chi connectivity index (χ2n) is 5.57. The van der Waals surface area contributed by atoms with Crippen LogP contribution in [0.3, 0.4) is 0 Å². The van der Waals surface area contributed by atoms with E-state index >= 15 is 0 Å². The molecule has 0 radical (unpaired) electrons. The first-order chi connectivity index (χ1) is 11.7. The fourth-order valence-corrected chi connectivity index (χ4v) is 3.22. The lowest BCUT2D eigenvalue weighted by atomic mass is 10.1. The average molecular weight is 333 g/mol. The molecule has 3 aromatic carbocycles. The van der Waals surface area contributed by atoms with Crippen LogP contribution in [0.15, 0.2) is 83.8 Å². The number of carbonyl (C=O) groups excluding carboxylic acids is 1. The molecule has 0 heterocycles. The van der Waals surface area contributed by atoms with Gasteiger partial charge in [0.2, 0.25) is 0 Å². The molecule has 24 heavy (non-hydrogen) atoms. The number of carbonyl (C=O) groups is 1. The summed E-state index contributed by atoms with van der Waals surface area (Å²) in [5.41, 5.74) is 3.79. The molecule has 0 atom stereocenters. The van der Waals surface area contributed by atoms with Crippen molar-refractivity contribution < 1.29 is 4.79 Å². The summed E-state index contributed by atoms with van der Waals surface area (Å²) in [5, 5.41) is 2.96. The van der Waals surface area contributed by atoms with Gasteiger partial charge < -0.3 is 5.32 Å². The minimum Gasteiger partial charge on any atom is -0.322 e. The summed E-state index contributed by atoms with van der Waals surface area (Å²) < 4.78 is 0. The van der Waals surface area contributed by atoms with E-state index in [1.807, 2.05) is 73.7 Å². The molecule has 3 rings (SSSR count). The van der Waals surface area contributed by atoms with Crippen molar-refractivity contribution in [3.63, 3.8) is 0 Å². The van der Waals surface area contributed by atoms with Crippen molar-refractivity contribution in [1.82, 2.24) is 0 Å². The third-order valence-corrected chi connectivity index (χ3v) is 4.84. The topological polar surface area (TPSA) is 29.1 Å². The van der Waals surface area contributed by atoms with Gasteiger partial charge in [-0.05, 0) is 48.4 Å². The van der Waals surface area contributed by atoms with E-state index in [-0.39, 0.29) is 5.91 Å². The fraction of sp³-hybridized carbons (Fsp3) is 0.0952. The lowest BCUT2D eigenvalue weighted by Crippen LogP contribution is -2.12. The Balaban J connectivity index is 1.61. The SMILES string of the molecule is Cc1ccccc1NC(=O)c1ccc(CSc2ccccc2)cc1. The standard InChI is InChI=1S/C21H19NOS/c1-16-7-5-6-10-20(16)22-21(23)18-13-11-17(12-14-18)15-24-19-8-3-2-4-9-19/h2-14H,15H2,1H3,(H,22,23). The van der Waals surface area contributed by atoms with Crippen molar-refractivity contribution in [2.24, 2.45) is 0 Å². The molecule has 2 nitrogen and oxygen atoms in total. The molecule has 120 valence electrons. The molecule has 0 saturated carbocycles. The quantitative estimate of drug-likeness (QED) is 0.621. The number of aryl methyl sites for hydroxylation is 1. The van der Waals surface area contributed by atoms with Crippen molar-refractivity contribution in [3.8, 4) is 0 Å². The van der Waals surface area contributed by atoms with Crippen LogP contribution >= 0.6 is 11.8 Å². The molecule has 1 amide bonds. The Bertz CT molecular complexity index is 813. The summed E-state index contributed by atoms with van der Waals surface area (Å²) in [6.45, 7) is 1.99. The third-order valence-electron chi connectivity index (χ3n) is 3.76. The van der Waals surface area contributed by atoms with E-state index in [0.29, 0.717) is 5.56 Å². The van der Waals surface area contributed by atoms with Gasteiger partial charge in [0, 0.05) is 21.9 Å². The second-order valence-corrected chi connectivity index (χ2v) is 6.62. The summed E-state index contributed by atoms with van der Waals surface area (Å²) in [4.78, 5) is 13.6. The van der Waals surface area contributed by atoms with Gasteiger partial charge in [-0.15, -0.1) is 11.8 Å². The monoisotopic (exact) mass is 333 g/mol. The van der Waals surface area contributed by atoms with E-state index in [1.165, 1.54) is 10.5 Å². The average Bonchev–Trinajstić information content (AvgIpc) is 2.63. The van der Waals surface area contributed by atoms with Crippen molar-refractivity contribution >= 4 is 23.4 Å². The summed E-state index contributed by atoms with van der Waals surface area (Å²) in [7, 11) is 0. The van der Waals surface area contributed by atoms with E-state index in [2.05, 4.69) is 17.4 Å². The molecule has 0 saturated heterocycles. The first-order valence-corrected chi connectivity index (χ1v) is 8.85. The molecule has 0 spiro atoms. The normalized spacial score (nSPS) is 10.4. The second kappa shape index (κ2) is 7.84. The number of rotatable bonds is 5. The van der Waals surface area contributed by atoms with Gasteiger partial charge in [0.1, 0.15) is 0 Å². The Morgan fingerprint density at radius 2 is 1.54 bits per heavy atom. The first kappa shape index (κ1) is 16.3. The van der Waals surface area contributed by atoms with Gasteiger partial charge in [-0.3, -0.25) is 4.79 Å². The number of anilines is 1. The highest BCUT2D eigenvalue weighted by Crippen LogP contribution is 2.22. The number of thioether (sulfide) groups is 1. The van der Waals surface area contributed by atoms with Gasteiger partial charge in [0.05, 0.1) is 0 Å². The van der Waals surface area contributed by atoms with Crippen LogP contribution in [-0.4, -0.2) is 5.91 Å². The summed E-state index contributed by atoms with van der Waals surface area (Å²) >= 11 is 1.79. The molecule has 0 aliphatic carbocycles. The summed E-state index contributed by atoms with van der Waals surface area (Å²) in [5.74, 6) is 0.815. The van der Waals surface area contributed by atoms with Crippen LogP contribution in [0.1, 0.15) is 21.5 Å². The van der Waals surface area contributed by atoms with Crippen LogP contribution in [0.25, 0.3) is 0 Å². The van der Waals surface area contributed by atoms with Gasteiger partial charge in [-0.1, -0.05) is 48.5 Å². The van der Waals surface area contributed by atoms with Crippen LogP contribution in [0, 0.1) is 6.92 Å². The summed E-state index contributed by atoms with van der Waals surface area (Å²) in [6, 6.07) is 25.9. The van der Waals surface area contributed by atoms with Crippen molar-refractivity contribution in [2.45, 2.75) is 17.6 Å². The highest BCUT2D eigenvalue weighted by Gasteiger charge is 2.07. The Morgan fingerprint density at radius 1 is 0.875 bits per heavy atom. The molecule has 0 fully saturated rings. The number of hydrogen-bond acceptors (Lipinski definition) is 2. The maximum atomic E-state index is 12.3. The van der Waals surface area contributed by atoms with Gasteiger partial charge >= 0.3 is 0 Å². The zero-order chi connectivity index (χ0) is 16.8. The zero-order valence-corrected chi connectivity index (χ0v) is 14.3. The molecule has 0 aliphatic rings. The Kier molecular flexibility index (Phi) is 5.34. The van der Waals surface area contributed by atoms with E-state index in [9.17, 15) is 4.79 Å². The Morgan fingerprint density at radius 3 is 2.25 bits per heavy atom. The molecule has 0 aromatic heterocycles. The van der Waals surface area contributed by atoms with Crippen molar-refractivity contribution in [3.05, 3.63) is 95.6 Å². The molecule has 1 N–H and O–H groups in total. The minimum atomic E-state index is -0.0773. The Hall–Kier alpha value is -2.52. The lowest BCUT2D eigenvalue weighted by molar-refractivity contribution is 0.102. The Labute approximate surface area is 146 Å². The van der Waals surface area contributed by atoms with Gasteiger partial charge in [-0.2, -0.15) is 0 Å². The van der Waals surface area contributed by atoms with Crippen LogP contribution in [0.2, 0.25) is 0 Å². The number of hydrogen-bond donors (Lipinski definition) is 1. The molecule has 0 unspecified atom stereocenters. The van der Waals surface area contributed by atoms with Crippen LogP contribution in [0.4, 0.5) is 5.69 Å². The number of benzene rings is 3. The maximum Gasteiger partial charge on any atom is 0.255 e. The van der Waals surface area contributed by atoms with E-state index in [1.54, 1.807) is 11.8 Å². The largest absolute Gasteiger partial charge is 0.322 e. The van der Waals surface area contributed by atoms with E-state index in [0.717, 1.165) is 17.0 Å². The molecule has 0 aliphatic heterocycles. The maximum absolute atomic E-state index is 12.3.